The average molecular weight is 221 g/mol. The van der Waals surface area contributed by atoms with Gasteiger partial charge >= 0.3 is 0 Å². The van der Waals surface area contributed by atoms with Crippen molar-refractivity contribution < 1.29 is 4.74 Å². The summed E-state index contributed by atoms with van der Waals surface area (Å²) >= 11 is 0. The van der Waals surface area contributed by atoms with Crippen molar-refractivity contribution in [3.63, 3.8) is 0 Å². The van der Waals surface area contributed by atoms with Gasteiger partial charge in [0.25, 0.3) is 0 Å². The molecule has 1 fully saturated rings. The van der Waals surface area contributed by atoms with Crippen LogP contribution in [-0.2, 0) is 0 Å². The molecule has 0 bridgehead atoms. The van der Waals surface area contributed by atoms with Crippen LogP contribution in [0.2, 0.25) is 0 Å². The molecule has 0 aliphatic carbocycles. The van der Waals surface area contributed by atoms with Crippen LogP contribution in [0.15, 0.2) is 18.2 Å². The summed E-state index contributed by atoms with van der Waals surface area (Å²) in [5, 5.41) is 3.42. The number of piperazine rings is 1. The standard InChI is InChI=1S/C12H19N3O/c1-3-16-12-6-4-5-11(14-12)15-8-7-13-10(2)9-15/h4-6,10,13H,3,7-9H2,1-2H3/t10-/m1/s1. The first-order chi connectivity index (χ1) is 7.79. The van der Waals surface area contributed by atoms with Gasteiger partial charge in [0.15, 0.2) is 0 Å². The SMILES string of the molecule is CCOc1cccc(N2CCN[C@H](C)C2)n1. The van der Waals surface area contributed by atoms with E-state index in [1.54, 1.807) is 0 Å². The number of nitrogens with zero attached hydrogens (tertiary/aromatic N) is 2. The molecule has 2 rings (SSSR count). The molecule has 1 atom stereocenters. The number of rotatable bonds is 3. The van der Waals surface area contributed by atoms with E-state index < -0.39 is 0 Å². The van der Waals surface area contributed by atoms with Crippen LogP contribution < -0.4 is 15.0 Å². The zero-order chi connectivity index (χ0) is 11.4. The lowest BCUT2D eigenvalue weighted by Gasteiger charge is -2.32. The van der Waals surface area contributed by atoms with Gasteiger partial charge in [0, 0.05) is 31.7 Å². The molecule has 0 amide bonds. The van der Waals surface area contributed by atoms with Gasteiger partial charge in [-0.3, -0.25) is 0 Å². The highest BCUT2D eigenvalue weighted by atomic mass is 16.5. The molecule has 0 spiro atoms. The number of hydrogen-bond acceptors (Lipinski definition) is 4. The second-order valence-electron chi connectivity index (χ2n) is 4.07. The van der Waals surface area contributed by atoms with Gasteiger partial charge in [-0.2, -0.15) is 4.98 Å². The van der Waals surface area contributed by atoms with E-state index in [-0.39, 0.29) is 0 Å². The Bertz CT molecular complexity index is 343. The molecule has 0 saturated carbocycles. The van der Waals surface area contributed by atoms with E-state index in [9.17, 15) is 0 Å². The Kier molecular flexibility index (Phi) is 3.62. The summed E-state index contributed by atoms with van der Waals surface area (Å²) in [6.07, 6.45) is 0. The predicted molar refractivity (Wildman–Crippen MR) is 65.1 cm³/mol. The Labute approximate surface area is 96.6 Å². The average Bonchev–Trinajstić information content (AvgIpc) is 2.30. The minimum absolute atomic E-state index is 0.520. The lowest BCUT2D eigenvalue weighted by molar-refractivity contribution is 0.326. The summed E-state index contributed by atoms with van der Waals surface area (Å²) < 4.78 is 5.41. The smallest absolute Gasteiger partial charge is 0.215 e. The summed E-state index contributed by atoms with van der Waals surface area (Å²) in [5.41, 5.74) is 0. The summed E-state index contributed by atoms with van der Waals surface area (Å²) in [5.74, 6) is 1.73. The van der Waals surface area contributed by atoms with Crippen LogP contribution in [0, 0.1) is 0 Å². The fourth-order valence-electron chi connectivity index (χ4n) is 1.95. The van der Waals surface area contributed by atoms with E-state index >= 15 is 0 Å². The Balaban J connectivity index is 2.09. The molecule has 0 radical (unpaired) electrons. The molecule has 4 heteroatoms. The molecule has 1 aromatic heterocycles. The number of hydrogen-bond donors (Lipinski definition) is 1. The van der Waals surface area contributed by atoms with E-state index in [2.05, 4.69) is 22.1 Å². The summed E-state index contributed by atoms with van der Waals surface area (Å²) in [7, 11) is 0. The van der Waals surface area contributed by atoms with E-state index in [0.29, 0.717) is 18.5 Å². The monoisotopic (exact) mass is 221 g/mol. The fourth-order valence-corrected chi connectivity index (χ4v) is 1.95. The number of aromatic nitrogens is 1. The van der Waals surface area contributed by atoms with Crippen LogP contribution in [0.1, 0.15) is 13.8 Å². The molecule has 2 heterocycles. The third-order valence-corrected chi connectivity index (χ3v) is 2.69. The molecule has 0 unspecified atom stereocenters. The molecule has 0 aromatic carbocycles. The van der Waals surface area contributed by atoms with Crippen molar-refractivity contribution in [2.24, 2.45) is 0 Å². The zero-order valence-electron chi connectivity index (χ0n) is 9.94. The molecule has 1 saturated heterocycles. The highest BCUT2D eigenvalue weighted by Crippen LogP contribution is 2.17. The summed E-state index contributed by atoms with van der Waals surface area (Å²) in [6, 6.07) is 6.46. The molecule has 1 aliphatic heterocycles. The van der Waals surface area contributed by atoms with Crippen molar-refractivity contribution in [1.82, 2.24) is 10.3 Å². The second kappa shape index (κ2) is 5.16. The van der Waals surface area contributed by atoms with Crippen molar-refractivity contribution in [1.29, 1.82) is 0 Å². The van der Waals surface area contributed by atoms with Gasteiger partial charge in [-0.25, -0.2) is 0 Å². The Hall–Kier alpha value is -1.29. The zero-order valence-corrected chi connectivity index (χ0v) is 9.94. The molecule has 1 aliphatic rings. The number of ether oxygens (including phenoxy) is 1. The molecule has 88 valence electrons. The van der Waals surface area contributed by atoms with Crippen molar-refractivity contribution in [3.8, 4) is 5.88 Å². The molecule has 1 N–H and O–H groups in total. The predicted octanol–water partition coefficient (Wildman–Crippen LogP) is 1.28. The van der Waals surface area contributed by atoms with E-state index in [1.165, 1.54) is 0 Å². The first-order valence-corrected chi connectivity index (χ1v) is 5.88. The minimum atomic E-state index is 0.520. The second-order valence-corrected chi connectivity index (χ2v) is 4.07. The van der Waals surface area contributed by atoms with Crippen molar-refractivity contribution in [2.75, 3.05) is 31.1 Å². The van der Waals surface area contributed by atoms with Crippen LogP contribution in [-0.4, -0.2) is 37.3 Å². The molecule has 4 nitrogen and oxygen atoms in total. The van der Waals surface area contributed by atoms with Gasteiger partial charge in [-0.1, -0.05) is 6.07 Å². The minimum Gasteiger partial charge on any atom is -0.478 e. The van der Waals surface area contributed by atoms with E-state index in [0.717, 1.165) is 25.5 Å². The topological polar surface area (TPSA) is 37.4 Å². The number of nitrogens with one attached hydrogen (secondary N) is 1. The maximum Gasteiger partial charge on any atom is 0.215 e. The maximum atomic E-state index is 5.41. The highest BCUT2D eigenvalue weighted by molar-refractivity contribution is 5.41. The number of anilines is 1. The van der Waals surface area contributed by atoms with Gasteiger partial charge in [-0.05, 0) is 19.9 Å². The van der Waals surface area contributed by atoms with Gasteiger partial charge < -0.3 is 15.0 Å². The van der Waals surface area contributed by atoms with Crippen LogP contribution in [0.25, 0.3) is 0 Å². The van der Waals surface area contributed by atoms with Crippen LogP contribution in [0.5, 0.6) is 5.88 Å². The molecule has 1 aromatic rings. The Morgan fingerprint density at radius 2 is 2.44 bits per heavy atom. The van der Waals surface area contributed by atoms with Crippen molar-refractivity contribution in [2.45, 2.75) is 19.9 Å². The maximum absolute atomic E-state index is 5.41. The van der Waals surface area contributed by atoms with Gasteiger partial charge in [0.2, 0.25) is 5.88 Å². The lowest BCUT2D eigenvalue weighted by atomic mass is 10.2. The largest absolute Gasteiger partial charge is 0.478 e. The number of pyridine rings is 1. The van der Waals surface area contributed by atoms with Crippen molar-refractivity contribution in [3.05, 3.63) is 18.2 Å². The molecule has 16 heavy (non-hydrogen) atoms. The van der Waals surface area contributed by atoms with E-state index in [1.807, 2.05) is 25.1 Å². The van der Waals surface area contributed by atoms with Gasteiger partial charge in [0.05, 0.1) is 6.61 Å². The molecular formula is C12H19N3O. The van der Waals surface area contributed by atoms with Gasteiger partial charge in [-0.15, -0.1) is 0 Å². The van der Waals surface area contributed by atoms with Crippen molar-refractivity contribution >= 4 is 5.82 Å². The summed E-state index contributed by atoms with van der Waals surface area (Å²) in [6.45, 7) is 7.85. The highest BCUT2D eigenvalue weighted by Gasteiger charge is 2.16. The quantitative estimate of drug-likeness (QED) is 0.834. The summed E-state index contributed by atoms with van der Waals surface area (Å²) in [4.78, 5) is 6.79. The third kappa shape index (κ3) is 2.64. The normalized spacial score (nSPS) is 20.9. The molecular weight excluding hydrogens is 202 g/mol. The Morgan fingerprint density at radius 1 is 1.56 bits per heavy atom. The first kappa shape index (κ1) is 11.2. The lowest BCUT2D eigenvalue weighted by Crippen LogP contribution is -2.49. The van der Waals surface area contributed by atoms with Crippen LogP contribution in [0.4, 0.5) is 5.82 Å². The van der Waals surface area contributed by atoms with Crippen LogP contribution in [0.3, 0.4) is 0 Å². The van der Waals surface area contributed by atoms with E-state index in [4.69, 9.17) is 4.74 Å². The fraction of sp³-hybridized carbons (Fsp3) is 0.583. The van der Waals surface area contributed by atoms with Crippen LogP contribution >= 0.6 is 0 Å². The van der Waals surface area contributed by atoms with Gasteiger partial charge in [0.1, 0.15) is 5.82 Å². The first-order valence-electron chi connectivity index (χ1n) is 5.88. The Morgan fingerprint density at radius 3 is 3.19 bits per heavy atom. The third-order valence-electron chi connectivity index (χ3n) is 2.69.